The molecule has 0 saturated carbocycles. The summed E-state index contributed by atoms with van der Waals surface area (Å²) in [4.78, 5) is 0. The number of hydrogen-bond acceptors (Lipinski definition) is 2. The van der Waals surface area contributed by atoms with E-state index in [2.05, 4.69) is 27.3 Å². The molecule has 112 valence electrons. The first-order chi connectivity index (χ1) is 10.2. The standard InChI is InChI=1S/C17H19BrClNO/c1-20-12-13(16-4-2-3-5-17(16)19)10-11-21-15-8-6-14(18)7-9-15/h2-9,13,20H,10-12H2,1H3. The highest BCUT2D eigenvalue weighted by Crippen LogP contribution is 2.27. The first kappa shape index (κ1) is 16.3. The van der Waals surface area contributed by atoms with Gasteiger partial charge in [-0.25, -0.2) is 0 Å². The Kier molecular flexibility index (Phi) is 6.55. The Morgan fingerprint density at radius 3 is 2.52 bits per heavy atom. The zero-order chi connectivity index (χ0) is 15.1. The topological polar surface area (TPSA) is 21.3 Å². The van der Waals surface area contributed by atoms with Crippen LogP contribution in [0.4, 0.5) is 0 Å². The summed E-state index contributed by atoms with van der Waals surface area (Å²) in [5.41, 5.74) is 1.17. The van der Waals surface area contributed by atoms with Gasteiger partial charge in [-0.3, -0.25) is 0 Å². The van der Waals surface area contributed by atoms with Crippen molar-refractivity contribution < 1.29 is 4.74 Å². The van der Waals surface area contributed by atoms with E-state index in [9.17, 15) is 0 Å². The summed E-state index contributed by atoms with van der Waals surface area (Å²) in [5.74, 6) is 1.24. The van der Waals surface area contributed by atoms with E-state index in [0.717, 1.165) is 28.2 Å². The van der Waals surface area contributed by atoms with Gasteiger partial charge in [0.1, 0.15) is 5.75 Å². The lowest BCUT2D eigenvalue weighted by atomic mass is 9.96. The van der Waals surface area contributed by atoms with Crippen LogP contribution in [0.25, 0.3) is 0 Å². The van der Waals surface area contributed by atoms with Crippen molar-refractivity contribution in [3.63, 3.8) is 0 Å². The Morgan fingerprint density at radius 1 is 1.14 bits per heavy atom. The van der Waals surface area contributed by atoms with E-state index in [1.807, 2.05) is 49.5 Å². The third-order valence-electron chi connectivity index (χ3n) is 3.34. The van der Waals surface area contributed by atoms with Crippen LogP contribution in [0, 0.1) is 0 Å². The maximum atomic E-state index is 6.29. The Bertz CT molecular complexity index is 559. The Hall–Kier alpha value is -1.03. The summed E-state index contributed by atoms with van der Waals surface area (Å²) < 4.78 is 6.86. The second kappa shape index (κ2) is 8.42. The van der Waals surface area contributed by atoms with Gasteiger partial charge in [0.05, 0.1) is 6.61 Å². The van der Waals surface area contributed by atoms with E-state index >= 15 is 0 Å². The molecular weight excluding hydrogens is 350 g/mol. The largest absolute Gasteiger partial charge is 0.494 e. The zero-order valence-corrected chi connectivity index (χ0v) is 14.3. The van der Waals surface area contributed by atoms with Crippen molar-refractivity contribution in [3.8, 4) is 5.75 Å². The minimum absolute atomic E-state index is 0.346. The molecule has 1 unspecified atom stereocenters. The fourth-order valence-electron chi connectivity index (χ4n) is 2.27. The number of rotatable bonds is 7. The van der Waals surface area contributed by atoms with E-state index in [1.54, 1.807) is 0 Å². The van der Waals surface area contributed by atoms with Crippen molar-refractivity contribution in [3.05, 3.63) is 63.6 Å². The first-order valence-electron chi connectivity index (χ1n) is 6.98. The molecule has 0 aliphatic heterocycles. The number of ether oxygens (including phenoxy) is 1. The molecule has 0 fully saturated rings. The van der Waals surface area contributed by atoms with Gasteiger partial charge in [-0.15, -0.1) is 0 Å². The molecule has 0 aromatic heterocycles. The molecule has 2 rings (SSSR count). The molecule has 21 heavy (non-hydrogen) atoms. The van der Waals surface area contributed by atoms with Crippen LogP contribution in [0.2, 0.25) is 5.02 Å². The molecule has 4 heteroatoms. The van der Waals surface area contributed by atoms with Gasteiger partial charge in [-0.05, 0) is 49.4 Å². The number of halogens is 2. The van der Waals surface area contributed by atoms with Gasteiger partial charge in [0, 0.05) is 22.0 Å². The normalized spacial score (nSPS) is 12.1. The quantitative estimate of drug-likeness (QED) is 0.752. The zero-order valence-electron chi connectivity index (χ0n) is 12.0. The van der Waals surface area contributed by atoms with Gasteiger partial charge in [-0.2, -0.15) is 0 Å². The molecule has 0 aliphatic rings. The number of benzene rings is 2. The van der Waals surface area contributed by atoms with Crippen molar-refractivity contribution >= 4 is 27.5 Å². The minimum Gasteiger partial charge on any atom is -0.494 e. The second-order valence-corrected chi connectivity index (χ2v) is 6.19. The van der Waals surface area contributed by atoms with E-state index < -0.39 is 0 Å². The SMILES string of the molecule is CNCC(CCOc1ccc(Br)cc1)c1ccccc1Cl. The summed E-state index contributed by atoms with van der Waals surface area (Å²) >= 11 is 9.71. The highest BCUT2D eigenvalue weighted by molar-refractivity contribution is 9.10. The predicted molar refractivity (Wildman–Crippen MR) is 92.4 cm³/mol. The summed E-state index contributed by atoms with van der Waals surface area (Å²) in [6, 6.07) is 15.9. The highest BCUT2D eigenvalue weighted by atomic mass is 79.9. The molecule has 1 N–H and O–H groups in total. The third-order valence-corrected chi connectivity index (χ3v) is 4.22. The molecule has 1 atom stereocenters. The minimum atomic E-state index is 0.346. The molecule has 0 spiro atoms. The van der Waals surface area contributed by atoms with Gasteiger partial charge in [0.25, 0.3) is 0 Å². The van der Waals surface area contributed by atoms with Gasteiger partial charge >= 0.3 is 0 Å². The second-order valence-electron chi connectivity index (χ2n) is 4.87. The van der Waals surface area contributed by atoms with Crippen molar-refractivity contribution in [2.24, 2.45) is 0 Å². The monoisotopic (exact) mass is 367 g/mol. The van der Waals surface area contributed by atoms with Crippen molar-refractivity contribution in [2.45, 2.75) is 12.3 Å². The van der Waals surface area contributed by atoms with Crippen LogP contribution in [0.5, 0.6) is 5.75 Å². The molecule has 0 amide bonds. The molecule has 0 heterocycles. The highest BCUT2D eigenvalue weighted by Gasteiger charge is 2.13. The smallest absolute Gasteiger partial charge is 0.119 e. The molecule has 0 saturated heterocycles. The Morgan fingerprint density at radius 2 is 1.86 bits per heavy atom. The fourth-order valence-corrected chi connectivity index (χ4v) is 2.82. The summed E-state index contributed by atoms with van der Waals surface area (Å²) in [5, 5.41) is 4.05. The molecule has 0 aliphatic carbocycles. The van der Waals surface area contributed by atoms with Crippen LogP contribution in [0.3, 0.4) is 0 Å². The van der Waals surface area contributed by atoms with E-state index in [0.29, 0.717) is 12.5 Å². The summed E-state index contributed by atoms with van der Waals surface area (Å²) in [7, 11) is 1.96. The fraction of sp³-hybridized carbons (Fsp3) is 0.294. The van der Waals surface area contributed by atoms with Gasteiger partial charge < -0.3 is 10.1 Å². The average Bonchev–Trinajstić information content (AvgIpc) is 2.49. The summed E-state index contributed by atoms with van der Waals surface area (Å²) in [6.45, 7) is 1.55. The van der Waals surface area contributed by atoms with Crippen LogP contribution in [0.1, 0.15) is 17.9 Å². The molecular formula is C17H19BrClNO. The summed E-state index contributed by atoms with van der Waals surface area (Å²) in [6.07, 6.45) is 0.917. The van der Waals surface area contributed by atoms with E-state index in [1.165, 1.54) is 5.56 Å². The first-order valence-corrected chi connectivity index (χ1v) is 8.15. The van der Waals surface area contributed by atoms with Crippen molar-refractivity contribution in [1.82, 2.24) is 5.32 Å². The lowest BCUT2D eigenvalue weighted by molar-refractivity contribution is 0.296. The van der Waals surface area contributed by atoms with Crippen LogP contribution in [-0.4, -0.2) is 20.2 Å². The lowest BCUT2D eigenvalue weighted by Gasteiger charge is -2.18. The van der Waals surface area contributed by atoms with E-state index in [-0.39, 0.29) is 0 Å². The molecule has 2 aromatic carbocycles. The molecule has 0 bridgehead atoms. The van der Waals surface area contributed by atoms with E-state index in [4.69, 9.17) is 16.3 Å². The maximum Gasteiger partial charge on any atom is 0.119 e. The molecule has 2 nitrogen and oxygen atoms in total. The van der Waals surface area contributed by atoms with Gasteiger partial charge in [-0.1, -0.05) is 45.7 Å². The maximum absolute atomic E-state index is 6.29. The number of likely N-dealkylation sites (N-methyl/N-ethyl adjacent to an activating group) is 1. The van der Waals surface area contributed by atoms with Crippen molar-refractivity contribution in [1.29, 1.82) is 0 Å². The van der Waals surface area contributed by atoms with Crippen LogP contribution in [-0.2, 0) is 0 Å². The Labute approximate surface area is 139 Å². The van der Waals surface area contributed by atoms with Crippen LogP contribution >= 0.6 is 27.5 Å². The third kappa shape index (κ3) is 5.03. The Balaban J connectivity index is 1.94. The van der Waals surface area contributed by atoms with Crippen LogP contribution < -0.4 is 10.1 Å². The average molecular weight is 369 g/mol. The molecule has 2 aromatic rings. The number of nitrogens with one attached hydrogen (secondary N) is 1. The van der Waals surface area contributed by atoms with Crippen LogP contribution in [0.15, 0.2) is 53.0 Å². The lowest BCUT2D eigenvalue weighted by Crippen LogP contribution is -2.19. The number of hydrogen-bond donors (Lipinski definition) is 1. The predicted octanol–water partition coefficient (Wildman–Crippen LogP) is 4.87. The van der Waals surface area contributed by atoms with Gasteiger partial charge in [0.15, 0.2) is 0 Å². The molecule has 0 radical (unpaired) electrons. The van der Waals surface area contributed by atoms with Gasteiger partial charge in [0.2, 0.25) is 0 Å². The van der Waals surface area contributed by atoms with Crippen molar-refractivity contribution in [2.75, 3.05) is 20.2 Å².